The van der Waals surface area contributed by atoms with Crippen LogP contribution in [0.1, 0.15) is 31.4 Å². The molecule has 0 heterocycles. The Balaban J connectivity index is 2.04. The van der Waals surface area contributed by atoms with E-state index in [0.717, 1.165) is 17.6 Å². The van der Waals surface area contributed by atoms with E-state index in [1.54, 1.807) is 13.0 Å². The van der Waals surface area contributed by atoms with E-state index in [0.29, 0.717) is 5.56 Å². The van der Waals surface area contributed by atoms with Crippen molar-refractivity contribution in [3.05, 3.63) is 77.6 Å². The van der Waals surface area contributed by atoms with Crippen molar-refractivity contribution in [2.24, 2.45) is 0 Å². The first-order chi connectivity index (χ1) is 11.4. The number of halogens is 1. The Hall–Kier alpha value is -2.46. The van der Waals surface area contributed by atoms with Crippen LogP contribution in [0.15, 0.2) is 60.7 Å². The quantitative estimate of drug-likeness (QED) is 0.796. The van der Waals surface area contributed by atoms with E-state index in [-0.39, 0.29) is 18.3 Å². The van der Waals surface area contributed by atoms with Crippen molar-refractivity contribution in [1.82, 2.24) is 5.32 Å². The smallest absolute Gasteiger partial charge is 0.244 e. The summed E-state index contributed by atoms with van der Waals surface area (Å²) in [7, 11) is 0. The van der Waals surface area contributed by atoms with E-state index < -0.39 is 5.60 Å². The van der Waals surface area contributed by atoms with E-state index in [2.05, 4.69) is 5.32 Å². The first-order valence-electron chi connectivity index (χ1n) is 7.94. The molecule has 2 aromatic carbocycles. The molecule has 0 aliphatic heterocycles. The van der Waals surface area contributed by atoms with Crippen LogP contribution in [0.4, 0.5) is 4.39 Å². The van der Waals surface area contributed by atoms with Gasteiger partial charge in [0.15, 0.2) is 0 Å². The van der Waals surface area contributed by atoms with Crippen molar-refractivity contribution in [1.29, 1.82) is 0 Å². The van der Waals surface area contributed by atoms with E-state index in [1.807, 2.05) is 37.3 Å². The Kier molecular flexibility index (Phi) is 5.88. The largest absolute Gasteiger partial charge is 0.384 e. The number of carbonyl (C=O) groups excluding carboxylic acids is 1. The highest BCUT2D eigenvalue weighted by atomic mass is 19.1. The van der Waals surface area contributed by atoms with Gasteiger partial charge in [0.25, 0.3) is 0 Å². The molecule has 4 heteroatoms. The predicted molar refractivity (Wildman–Crippen MR) is 93.7 cm³/mol. The molecule has 0 aromatic heterocycles. The Labute approximate surface area is 141 Å². The van der Waals surface area contributed by atoms with Crippen molar-refractivity contribution in [2.75, 3.05) is 6.54 Å². The summed E-state index contributed by atoms with van der Waals surface area (Å²) in [6.45, 7) is 3.61. The summed E-state index contributed by atoms with van der Waals surface area (Å²) in [5.74, 6) is -0.630. The van der Waals surface area contributed by atoms with Crippen LogP contribution in [0.2, 0.25) is 0 Å². The van der Waals surface area contributed by atoms with Crippen LogP contribution in [0.5, 0.6) is 0 Å². The second kappa shape index (κ2) is 7.88. The fraction of sp³-hybridized carbons (Fsp3) is 0.250. The second-order valence-corrected chi connectivity index (χ2v) is 5.89. The van der Waals surface area contributed by atoms with Crippen LogP contribution in [0, 0.1) is 5.82 Å². The molecular formula is C20H22FNO2. The zero-order valence-electron chi connectivity index (χ0n) is 13.9. The highest BCUT2D eigenvalue weighted by Crippen LogP contribution is 2.20. The van der Waals surface area contributed by atoms with Crippen molar-refractivity contribution < 1.29 is 14.3 Å². The van der Waals surface area contributed by atoms with Gasteiger partial charge < -0.3 is 10.4 Å². The number of hydrogen-bond donors (Lipinski definition) is 2. The SMILES string of the molecule is CC/C(=C\C(=O)NCC(C)(O)c1ccc(F)cc1)c1ccccc1. The van der Waals surface area contributed by atoms with Gasteiger partial charge in [-0.2, -0.15) is 0 Å². The molecule has 24 heavy (non-hydrogen) atoms. The first kappa shape index (κ1) is 17.9. The summed E-state index contributed by atoms with van der Waals surface area (Å²) in [6.07, 6.45) is 2.28. The van der Waals surface area contributed by atoms with Crippen molar-refractivity contribution >= 4 is 11.5 Å². The van der Waals surface area contributed by atoms with Crippen molar-refractivity contribution in [2.45, 2.75) is 25.9 Å². The lowest BCUT2D eigenvalue weighted by Gasteiger charge is -2.24. The Morgan fingerprint density at radius 3 is 2.38 bits per heavy atom. The Morgan fingerprint density at radius 2 is 1.79 bits per heavy atom. The van der Waals surface area contributed by atoms with Crippen LogP contribution in [-0.2, 0) is 10.4 Å². The number of nitrogens with one attached hydrogen (secondary N) is 1. The molecule has 0 fully saturated rings. The number of aliphatic hydroxyl groups is 1. The molecule has 0 aliphatic rings. The molecule has 1 atom stereocenters. The third-order valence-corrected chi connectivity index (χ3v) is 3.90. The summed E-state index contributed by atoms with van der Waals surface area (Å²) in [5.41, 5.74) is 1.21. The number of hydrogen-bond acceptors (Lipinski definition) is 2. The third kappa shape index (κ3) is 4.77. The predicted octanol–water partition coefficient (Wildman–Crippen LogP) is 3.64. The standard InChI is InChI=1S/C20H22FNO2/c1-3-15(16-7-5-4-6-8-16)13-19(23)22-14-20(2,24)17-9-11-18(21)12-10-17/h4-13,24H,3,14H2,1-2H3,(H,22,23)/b15-13+. The van der Waals surface area contributed by atoms with Gasteiger partial charge in [0.1, 0.15) is 11.4 Å². The minimum absolute atomic E-state index is 0.0414. The van der Waals surface area contributed by atoms with Gasteiger partial charge in [-0.1, -0.05) is 49.4 Å². The Morgan fingerprint density at radius 1 is 1.17 bits per heavy atom. The molecule has 1 amide bonds. The number of rotatable bonds is 6. The topological polar surface area (TPSA) is 49.3 Å². The lowest BCUT2D eigenvalue weighted by Crippen LogP contribution is -2.38. The summed E-state index contributed by atoms with van der Waals surface area (Å²) in [5, 5.41) is 13.2. The molecule has 0 radical (unpaired) electrons. The number of allylic oxidation sites excluding steroid dienone is 1. The van der Waals surface area contributed by atoms with Gasteiger partial charge in [0.2, 0.25) is 5.91 Å². The van der Waals surface area contributed by atoms with Crippen LogP contribution >= 0.6 is 0 Å². The fourth-order valence-corrected chi connectivity index (χ4v) is 2.42. The summed E-state index contributed by atoms with van der Waals surface area (Å²) in [4.78, 5) is 12.2. The van der Waals surface area contributed by atoms with Crippen molar-refractivity contribution in [3.8, 4) is 0 Å². The zero-order valence-corrected chi connectivity index (χ0v) is 13.9. The monoisotopic (exact) mass is 327 g/mol. The minimum Gasteiger partial charge on any atom is -0.384 e. The van der Waals surface area contributed by atoms with Crippen LogP contribution in [0.3, 0.4) is 0 Å². The maximum Gasteiger partial charge on any atom is 0.244 e. The van der Waals surface area contributed by atoms with Gasteiger partial charge in [-0.25, -0.2) is 4.39 Å². The zero-order chi connectivity index (χ0) is 17.6. The first-order valence-corrected chi connectivity index (χ1v) is 7.94. The van der Waals surface area contributed by atoms with Gasteiger partial charge in [-0.05, 0) is 42.2 Å². The van der Waals surface area contributed by atoms with E-state index in [4.69, 9.17) is 0 Å². The van der Waals surface area contributed by atoms with E-state index >= 15 is 0 Å². The highest BCUT2D eigenvalue weighted by Gasteiger charge is 2.23. The molecule has 0 saturated heterocycles. The molecule has 2 aromatic rings. The minimum atomic E-state index is -1.27. The Bertz CT molecular complexity index is 706. The average molecular weight is 327 g/mol. The second-order valence-electron chi connectivity index (χ2n) is 5.89. The van der Waals surface area contributed by atoms with Gasteiger partial charge in [0.05, 0.1) is 6.54 Å². The third-order valence-electron chi connectivity index (χ3n) is 3.90. The number of benzene rings is 2. The lowest BCUT2D eigenvalue weighted by molar-refractivity contribution is -0.117. The maximum absolute atomic E-state index is 13.0. The average Bonchev–Trinajstić information content (AvgIpc) is 2.59. The van der Waals surface area contributed by atoms with E-state index in [9.17, 15) is 14.3 Å². The fourth-order valence-electron chi connectivity index (χ4n) is 2.42. The lowest BCUT2D eigenvalue weighted by atomic mass is 9.96. The molecule has 3 nitrogen and oxygen atoms in total. The maximum atomic E-state index is 13.0. The molecule has 0 aliphatic carbocycles. The molecule has 1 unspecified atom stereocenters. The number of amides is 1. The van der Waals surface area contributed by atoms with Crippen LogP contribution in [-0.4, -0.2) is 17.6 Å². The molecule has 0 spiro atoms. The van der Waals surface area contributed by atoms with Gasteiger partial charge in [-0.3, -0.25) is 4.79 Å². The molecular weight excluding hydrogens is 305 g/mol. The van der Waals surface area contributed by atoms with Crippen LogP contribution < -0.4 is 5.32 Å². The van der Waals surface area contributed by atoms with Gasteiger partial charge >= 0.3 is 0 Å². The van der Waals surface area contributed by atoms with Gasteiger partial charge in [-0.15, -0.1) is 0 Å². The molecule has 2 rings (SSSR count). The molecule has 0 bridgehead atoms. The molecule has 2 N–H and O–H groups in total. The molecule has 126 valence electrons. The van der Waals surface area contributed by atoms with E-state index in [1.165, 1.54) is 24.3 Å². The summed E-state index contributed by atoms with van der Waals surface area (Å²) in [6, 6.07) is 15.3. The summed E-state index contributed by atoms with van der Waals surface area (Å²) < 4.78 is 13.0. The van der Waals surface area contributed by atoms with Gasteiger partial charge in [0, 0.05) is 6.08 Å². The normalized spacial score (nSPS) is 14.1. The summed E-state index contributed by atoms with van der Waals surface area (Å²) >= 11 is 0. The van der Waals surface area contributed by atoms with Crippen LogP contribution in [0.25, 0.3) is 5.57 Å². The number of carbonyl (C=O) groups is 1. The highest BCUT2D eigenvalue weighted by molar-refractivity contribution is 5.95. The molecule has 0 saturated carbocycles. The van der Waals surface area contributed by atoms with Crippen molar-refractivity contribution in [3.63, 3.8) is 0 Å².